The Labute approximate surface area is 114 Å². The van der Waals surface area contributed by atoms with Crippen LogP contribution in [-0.4, -0.2) is 21.4 Å². The predicted octanol–water partition coefficient (Wildman–Crippen LogP) is 2.72. The van der Waals surface area contributed by atoms with Crippen molar-refractivity contribution in [3.63, 3.8) is 0 Å². The van der Waals surface area contributed by atoms with E-state index in [1.54, 1.807) is 18.3 Å². The molecule has 6 nitrogen and oxygen atoms in total. The molecule has 0 bridgehead atoms. The number of hydrogen-bond acceptors (Lipinski definition) is 6. The summed E-state index contributed by atoms with van der Waals surface area (Å²) >= 11 is 1.67. The molecule has 0 radical (unpaired) electrons. The van der Waals surface area contributed by atoms with Crippen molar-refractivity contribution in [2.45, 2.75) is 20.3 Å². The fourth-order valence-electron chi connectivity index (χ4n) is 1.65. The van der Waals surface area contributed by atoms with Crippen molar-refractivity contribution in [2.24, 2.45) is 0 Å². The van der Waals surface area contributed by atoms with Gasteiger partial charge in [-0.2, -0.15) is 0 Å². The van der Waals surface area contributed by atoms with E-state index >= 15 is 0 Å². The zero-order chi connectivity index (χ0) is 13.8. The number of aromatic nitrogens is 2. The van der Waals surface area contributed by atoms with E-state index < -0.39 is 4.92 Å². The molecule has 0 amide bonds. The Hall–Kier alpha value is -2.02. The van der Waals surface area contributed by atoms with Crippen LogP contribution in [0.5, 0.6) is 0 Å². The van der Waals surface area contributed by atoms with Gasteiger partial charge in [0.05, 0.1) is 9.93 Å². The number of thiazole rings is 1. The molecule has 0 spiro atoms. The molecule has 7 heteroatoms. The topological polar surface area (TPSA) is 81.0 Å². The van der Waals surface area contributed by atoms with Gasteiger partial charge in [0.1, 0.15) is 12.0 Å². The van der Waals surface area contributed by atoms with Gasteiger partial charge in [-0.25, -0.2) is 9.97 Å². The van der Waals surface area contributed by atoms with Crippen molar-refractivity contribution in [1.82, 2.24) is 9.97 Å². The second-order valence-corrected chi connectivity index (χ2v) is 5.48. The molecule has 100 valence electrons. The van der Waals surface area contributed by atoms with Crippen molar-refractivity contribution in [2.75, 3.05) is 11.9 Å². The molecule has 0 atom stereocenters. The first kappa shape index (κ1) is 13.4. The lowest BCUT2D eigenvalue weighted by Crippen LogP contribution is -2.07. The van der Waals surface area contributed by atoms with E-state index in [-0.39, 0.29) is 5.69 Å². The molecule has 0 aliphatic heterocycles. The molecule has 2 rings (SSSR count). The number of hydrogen-bond donors (Lipinski definition) is 1. The van der Waals surface area contributed by atoms with E-state index in [1.807, 2.05) is 13.1 Å². The predicted molar refractivity (Wildman–Crippen MR) is 74.7 cm³/mol. The average Bonchev–Trinajstić information content (AvgIpc) is 2.77. The van der Waals surface area contributed by atoms with Gasteiger partial charge in [0.25, 0.3) is 5.69 Å². The van der Waals surface area contributed by atoms with Crippen LogP contribution < -0.4 is 5.32 Å². The highest BCUT2D eigenvalue weighted by atomic mass is 32.1. The third kappa shape index (κ3) is 3.47. The highest BCUT2D eigenvalue weighted by Crippen LogP contribution is 2.18. The molecular formula is C12H14N4O2S. The third-order valence-electron chi connectivity index (χ3n) is 2.58. The van der Waals surface area contributed by atoms with Crippen molar-refractivity contribution < 1.29 is 4.92 Å². The quantitative estimate of drug-likeness (QED) is 0.671. The van der Waals surface area contributed by atoms with Gasteiger partial charge in [-0.1, -0.05) is 0 Å². The third-order valence-corrected chi connectivity index (χ3v) is 3.55. The normalized spacial score (nSPS) is 10.4. The fraction of sp³-hybridized carbons (Fsp3) is 0.333. The van der Waals surface area contributed by atoms with Crippen LogP contribution in [0.25, 0.3) is 0 Å². The van der Waals surface area contributed by atoms with E-state index in [0.29, 0.717) is 12.4 Å². The maximum absolute atomic E-state index is 10.6. The number of pyridine rings is 1. The molecular weight excluding hydrogens is 264 g/mol. The summed E-state index contributed by atoms with van der Waals surface area (Å²) in [5.41, 5.74) is 0.781. The minimum absolute atomic E-state index is 0.0126. The minimum Gasteiger partial charge on any atom is -0.369 e. The second-order valence-electron chi connectivity index (χ2n) is 4.16. The summed E-state index contributed by atoms with van der Waals surface area (Å²) < 4.78 is 0. The Bertz CT molecular complexity index is 597. The Balaban J connectivity index is 1.94. The molecule has 0 aliphatic rings. The molecule has 19 heavy (non-hydrogen) atoms. The molecule has 0 aromatic carbocycles. The molecule has 0 fully saturated rings. The van der Waals surface area contributed by atoms with Crippen LogP contribution in [0.3, 0.4) is 0 Å². The zero-order valence-corrected chi connectivity index (χ0v) is 11.5. The number of nitrogens with one attached hydrogen (secondary N) is 1. The van der Waals surface area contributed by atoms with E-state index in [1.165, 1.54) is 17.1 Å². The SMILES string of the molecule is Cc1cnc(CCNc2ncc([N+](=O)[O-])cc2C)s1. The van der Waals surface area contributed by atoms with Crippen molar-refractivity contribution >= 4 is 22.8 Å². The van der Waals surface area contributed by atoms with E-state index in [0.717, 1.165) is 17.0 Å². The minimum atomic E-state index is -0.442. The summed E-state index contributed by atoms with van der Waals surface area (Å²) in [4.78, 5) is 19.7. The number of aryl methyl sites for hydroxylation is 2. The van der Waals surface area contributed by atoms with Crippen molar-refractivity contribution in [3.05, 3.63) is 44.0 Å². The Morgan fingerprint density at radius 3 is 2.74 bits per heavy atom. The van der Waals surface area contributed by atoms with Crippen LogP contribution in [0.2, 0.25) is 0 Å². The van der Waals surface area contributed by atoms with Crippen molar-refractivity contribution in [3.8, 4) is 0 Å². The summed E-state index contributed by atoms with van der Waals surface area (Å²) in [6, 6.07) is 1.52. The Morgan fingerprint density at radius 1 is 1.37 bits per heavy atom. The molecule has 2 heterocycles. The lowest BCUT2D eigenvalue weighted by molar-refractivity contribution is -0.385. The second kappa shape index (κ2) is 5.75. The van der Waals surface area contributed by atoms with E-state index in [9.17, 15) is 10.1 Å². The van der Waals surface area contributed by atoms with Crippen LogP contribution in [0.1, 0.15) is 15.4 Å². The Kier molecular flexibility index (Phi) is 4.06. The number of nitrogens with zero attached hydrogens (tertiary/aromatic N) is 3. The standard InChI is InChI=1S/C12H14N4O2S/c1-8-5-10(16(17)18)7-15-12(8)13-4-3-11-14-6-9(2)19-11/h5-7H,3-4H2,1-2H3,(H,13,15). The molecule has 2 aromatic rings. The highest BCUT2D eigenvalue weighted by Gasteiger charge is 2.09. The van der Waals surface area contributed by atoms with Gasteiger partial charge >= 0.3 is 0 Å². The van der Waals surface area contributed by atoms with Crippen LogP contribution in [-0.2, 0) is 6.42 Å². The number of nitro groups is 1. The number of anilines is 1. The first-order valence-corrected chi connectivity index (χ1v) is 6.64. The summed E-state index contributed by atoms with van der Waals surface area (Å²) in [5, 5.41) is 14.8. The lowest BCUT2D eigenvalue weighted by Gasteiger charge is -2.06. The molecule has 2 aromatic heterocycles. The van der Waals surface area contributed by atoms with Gasteiger partial charge in [-0.15, -0.1) is 11.3 Å². The number of rotatable bonds is 5. The maximum Gasteiger partial charge on any atom is 0.287 e. The molecule has 0 saturated heterocycles. The average molecular weight is 278 g/mol. The van der Waals surface area contributed by atoms with Crippen LogP contribution in [0.4, 0.5) is 11.5 Å². The first-order valence-electron chi connectivity index (χ1n) is 5.82. The van der Waals surface area contributed by atoms with Crippen LogP contribution in [0.15, 0.2) is 18.5 Å². The van der Waals surface area contributed by atoms with Crippen LogP contribution >= 0.6 is 11.3 Å². The van der Waals surface area contributed by atoms with Gasteiger partial charge < -0.3 is 5.32 Å². The summed E-state index contributed by atoms with van der Waals surface area (Å²) in [6.07, 6.45) is 3.94. The molecule has 0 aliphatic carbocycles. The molecule has 1 N–H and O–H groups in total. The summed E-state index contributed by atoms with van der Waals surface area (Å²) in [7, 11) is 0. The van der Waals surface area contributed by atoms with Crippen molar-refractivity contribution in [1.29, 1.82) is 0 Å². The summed E-state index contributed by atoms with van der Waals surface area (Å²) in [6.45, 7) is 4.53. The first-order chi connectivity index (χ1) is 9.06. The zero-order valence-electron chi connectivity index (χ0n) is 10.7. The molecule has 0 saturated carbocycles. The van der Waals surface area contributed by atoms with Gasteiger partial charge in [-0.05, 0) is 19.4 Å². The van der Waals surface area contributed by atoms with Gasteiger partial charge in [0.2, 0.25) is 0 Å². The van der Waals surface area contributed by atoms with Gasteiger partial charge in [-0.3, -0.25) is 10.1 Å². The largest absolute Gasteiger partial charge is 0.369 e. The van der Waals surface area contributed by atoms with Crippen LogP contribution in [0, 0.1) is 24.0 Å². The van der Waals surface area contributed by atoms with E-state index in [2.05, 4.69) is 15.3 Å². The van der Waals surface area contributed by atoms with Gasteiger partial charge in [0.15, 0.2) is 0 Å². The fourth-order valence-corrected chi connectivity index (χ4v) is 2.44. The van der Waals surface area contributed by atoms with E-state index in [4.69, 9.17) is 0 Å². The highest BCUT2D eigenvalue weighted by molar-refractivity contribution is 7.11. The molecule has 0 unspecified atom stereocenters. The lowest BCUT2D eigenvalue weighted by atomic mass is 10.2. The van der Waals surface area contributed by atoms with Gasteiger partial charge in [0, 0.05) is 30.1 Å². The summed E-state index contributed by atoms with van der Waals surface area (Å²) in [5.74, 6) is 0.680. The Morgan fingerprint density at radius 2 is 2.16 bits per heavy atom. The monoisotopic (exact) mass is 278 g/mol. The smallest absolute Gasteiger partial charge is 0.287 e. The maximum atomic E-state index is 10.6.